The van der Waals surface area contributed by atoms with Crippen LogP contribution in [-0.4, -0.2) is 36.0 Å². The molecule has 1 rings (SSSR count). The molecule has 0 saturated carbocycles. The Kier molecular flexibility index (Phi) is 5.07. The lowest BCUT2D eigenvalue weighted by molar-refractivity contribution is -0.137. The van der Waals surface area contributed by atoms with Crippen molar-refractivity contribution in [2.24, 2.45) is 0 Å². The van der Waals surface area contributed by atoms with E-state index in [2.05, 4.69) is 0 Å². The van der Waals surface area contributed by atoms with Crippen molar-refractivity contribution < 1.29 is 32.7 Å². The van der Waals surface area contributed by atoms with Crippen LogP contribution in [0.2, 0.25) is 0 Å². The van der Waals surface area contributed by atoms with Crippen LogP contribution in [0.15, 0.2) is 12.1 Å². The van der Waals surface area contributed by atoms with Gasteiger partial charge in [0.25, 0.3) is 5.91 Å². The van der Waals surface area contributed by atoms with Crippen LogP contribution in [0.5, 0.6) is 0 Å². The first-order valence-electron chi connectivity index (χ1n) is 5.22. The van der Waals surface area contributed by atoms with E-state index in [-0.39, 0.29) is 0 Å². The Morgan fingerprint density at radius 1 is 1.00 bits per heavy atom. The highest BCUT2D eigenvalue weighted by Gasteiger charge is 2.15. The molecule has 0 aromatic heterocycles. The summed E-state index contributed by atoms with van der Waals surface area (Å²) in [5.41, 5.74) is -0.507. The minimum atomic E-state index is -1.71. The van der Waals surface area contributed by atoms with Gasteiger partial charge in [-0.1, -0.05) is 0 Å². The van der Waals surface area contributed by atoms with E-state index < -0.39 is 53.9 Å². The topological polar surface area (TPSA) is 95.5 Å². The van der Waals surface area contributed by atoms with Gasteiger partial charge in [-0.2, -0.15) is 0 Å². The zero-order valence-electron chi connectivity index (χ0n) is 9.87. The maximum Gasteiger partial charge on any atom is 0.322 e. The minimum Gasteiger partial charge on any atom is -0.480 e. The number of aliphatic carboxylic acids is 1. The fraction of sp³-hybridized carbons (Fsp3) is 0.182. The lowest BCUT2D eigenvalue weighted by atomic mass is 10.2. The van der Waals surface area contributed by atoms with Crippen molar-refractivity contribution in [2.75, 3.05) is 13.1 Å². The van der Waals surface area contributed by atoms with Crippen molar-refractivity contribution in [2.45, 2.75) is 0 Å². The third-order valence-electron chi connectivity index (χ3n) is 2.09. The van der Waals surface area contributed by atoms with Gasteiger partial charge in [-0.3, -0.25) is 14.4 Å². The molecule has 0 radical (unpaired) electrons. The van der Waals surface area contributed by atoms with Crippen molar-refractivity contribution in [1.29, 1.82) is 0 Å². The third kappa shape index (κ3) is 4.26. The van der Waals surface area contributed by atoms with Crippen molar-refractivity contribution >= 4 is 17.8 Å². The van der Waals surface area contributed by atoms with E-state index in [1.54, 1.807) is 0 Å². The van der Waals surface area contributed by atoms with Gasteiger partial charge in [0.05, 0.1) is 6.54 Å². The number of hydrogen-bond donors (Lipinski definition) is 3. The second-order valence-electron chi connectivity index (χ2n) is 3.61. The summed E-state index contributed by atoms with van der Waals surface area (Å²) in [5.74, 6) is -7.86. The third-order valence-corrected chi connectivity index (χ3v) is 2.09. The van der Waals surface area contributed by atoms with Crippen molar-refractivity contribution in [3.63, 3.8) is 0 Å². The zero-order valence-corrected chi connectivity index (χ0v) is 9.87. The lowest BCUT2D eigenvalue weighted by Gasteiger charge is -2.06. The Labute approximate surface area is 110 Å². The van der Waals surface area contributed by atoms with Crippen molar-refractivity contribution in [3.8, 4) is 0 Å². The highest BCUT2D eigenvalue weighted by atomic mass is 19.2. The largest absolute Gasteiger partial charge is 0.480 e. The summed E-state index contributed by atoms with van der Waals surface area (Å²) in [5, 5.41) is 12.2. The molecule has 2 amide bonds. The predicted molar refractivity (Wildman–Crippen MR) is 59.3 cm³/mol. The number of amides is 2. The Bertz CT molecular complexity index is 540. The highest BCUT2D eigenvalue weighted by molar-refractivity contribution is 5.96. The second-order valence-corrected chi connectivity index (χ2v) is 3.61. The predicted octanol–water partition coefficient (Wildman–Crippen LogP) is 0.0345. The maximum absolute atomic E-state index is 12.9. The Morgan fingerprint density at radius 2 is 1.55 bits per heavy atom. The van der Waals surface area contributed by atoms with Gasteiger partial charge in [-0.05, 0) is 12.1 Å². The van der Waals surface area contributed by atoms with Crippen LogP contribution in [0.4, 0.5) is 13.2 Å². The van der Waals surface area contributed by atoms with Crippen molar-refractivity contribution in [1.82, 2.24) is 10.6 Å². The molecule has 0 saturated heterocycles. The molecule has 0 heterocycles. The molecule has 1 aromatic carbocycles. The molecule has 0 atom stereocenters. The van der Waals surface area contributed by atoms with Crippen molar-refractivity contribution in [3.05, 3.63) is 35.1 Å². The fourth-order valence-electron chi connectivity index (χ4n) is 1.19. The summed E-state index contributed by atoms with van der Waals surface area (Å²) in [6.07, 6.45) is 0. The normalized spacial score (nSPS) is 9.95. The van der Waals surface area contributed by atoms with Gasteiger partial charge in [0, 0.05) is 5.56 Å². The van der Waals surface area contributed by atoms with Gasteiger partial charge in [-0.15, -0.1) is 0 Å². The van der Waals surface area contributed by atoms with Gasteiger partial charge in [-0.25, -0.2) is 13.2 Å². The Morgan fingerprint density at radius 3 is 2.05 bits per heavy atom. The first-order chi connectivity index (χ1) is 9.31. The molecule has 0 aliphatic rings. The summed E-state index contributed by atoms with van der Waals surface area (Å²) in [6.45, 7) is -1.22. The van der Waals surface area contributed by atoms with Crippen LogP contribution in [0.25, 0.3) is 0 Å². The molecule has 0 fully saturated rings. The molecule has 9 heteroatoms. The van der Waals surface area contributed by atoms with Crippen LogP contribution >= 0.6 is 0 Å². The van der Waals surface area contributed by atoms with Gasteiger partial charge >= 0.3 is 5.97 Å². The minimum absolute atomic E-state index is 0.475. The molecular formula is C11H9F3N2O4. The number of halogens is 3. The van der Waals surface area contributed by atoms with E-state index in [4.69, 9.17) is 5.11 Å². The molecule has 0 aliphatic carbocycles. The number of carbonyl (C=O) groups is 3. The number of nitrogens with one attached hydrogen (secondary N) is 2. The number of carboxylic acid groups (broad SMARTS) is 1. The van der Waals surface area contributed by atoms with Crippen LogP contribution in [0.3, 0.4) is 0 Å². The average Bonchev–Trinajstić information content (AvgIpc) is 2.39. The van der Waals surface area contributed by atoms with Crippen LogP contribution in [0, 0.1) is 17.5 Å². The van der Waals surface area contributed by atoms with E-state index >= 15 is 0 Å². The monoisotopic (exact) mass is 290 g/mol. The van der Waals surface area contributed by atoms with Crippen LogP contribution in [-0.2, 0) is 9.59 Å². The molecule has 0 aliphatic heterocycles. The maximum atomic E-state index is 12.9. The zero-order chi connectivity index (χ0) is 15.3. The quantitative estimate of drug-likeness (QED) is 0.667. The molecule has 3 N–H and O–H groups in total. The van der Waals surface area contributed by atoms with Gasteiger partial charge in [0.1, 0.15) is 6.54 Å². The van der Waals surface area contributed by atoms with E-state index in [1.165, 1.54) is 0 Å². The van der Waals surface area contributed by atoms with E-state index in [9.17, 15) is 27.6 Å². The Balaban J connectivity index is 2.59. The highest BCUT2D eigenvalue weighted by Crippen LogP contribution is 2.13. The van der Waals surface area contributed by atoms with Crippen LogP contribution < -0.4 is 10.6 Å². The average molecular weight is 290 g/mol. The summed E-state index contributed by atoms with van der Waals surface area (Å²) >= 11 is 0. The standard InChI is InChI=1S/C11H9F3N2O4/c12-6-1-5(2-7(13)10(6)14)11(20)16-3-8(17)15-4-9(18)19/h1-2H,3-4H2,(H,15,17)(H,16,20)(H,18,19). The number of benzene rings is 1. The molecule has 1 aromatic rings. The van der Waals surface area contributed by atoms with Crippen LogP contribution in [0.1, 0.15) is 10.4 Å². The summed E-state index contributed by atoms with van der Waals surface area (Å²) < 4.78 is 38.4. The number of hydrogen-bond acceptors (Lipinski definition) is 3. The smallest absolute Gasteiger partial charge is 0.322 e. The van der Waals surface area contributed by atoms with E-state index in [0.29, 0.717) is 12.1 Å². The SMILES string of the molecule is O=C(O)CNC(=O)CNC(=O)c1cc(F)c(F)c(F)c1. The molecule has 0 bridgehead atoms. The summed E-state index contributed by atoms with van der Waals surface area (Å²) in [6, 6.07) is 0.950. The first kappa shape index (κ1) is 15.5. The van der Waals surface area contributed by atoms with E-state index in [0.717, 1.165) is 0 Å². The summed E-state index contributed by atoms with van der Waals surface area (Å²) in [4.78, 5) is 32.7. The van der Waals surface area contributed by atoms with Gasteiger partial charge in [0.15, 0.2) is 17.5 Å². The molecule has 6 nitrogen and oxygen atoms in total. The Hall–Kier alpha value is -2.58. The fourth-order valence-corrected chi connectivity index (χ4v) is 1.19. The van der Waals surface area contributed by atoms with Gasteiger partial charge in [0.2, 0.25) is 5.91 Å². The molecule has 0 spiro atoms. The first-order valence-corrected chi connectivity index (χ1v) is 5.22. The number of rotatable bonds is 5. The lowest BCUT2D eigenvalue weighted by Crippen LogP contribution is -2.39. The molecule has 20 heavy (non-hydrogen) atoms. The summed E-state index contributed by atoms with van der Waals surface area (Å²) in [7, 11) is 0. The number of carbonyl (C=O) groups excluding carboxylic acids is 2. The van der Waals surface area contributed by atoms with E-state index in [1.807, 2.05) is 10.6 Å². The second kappa shape index (κ2) is 6.55. The number of carboxylic acids is 1. The molecule has 0 unspecified atom stereocenters. The molecule has 108 valence electrons. The molecular weight excluding hydrogens is 281 g/mol. The van der Waals surface area contributed by atoms with Gasteiger partial charge < -0.3 is 15.7 Å².